The number of hydrogen-bond donors (Lipinski definition) is 1. The Morgan fingerprint density at radius 3 is 2.15 bits per heavy atom. The molecule has 7 nitrogen and oxygen atoms in total. The fraction of sp³-hybridized carbons (Fsp3) is 0.417. The molecule has 2 aromatic carbocycles. The van der Waals surface area contributed by atoms with E-state index in [0.717, 1.165) is 11.6 Å². The lowest BCUT2D eigenvalue weighted by molar-refractivity contribution is -0.132. The first-order valence-electron chi connectivity index (χ1n) is 10.9. The van der Waals surface area contributed by atoms with Crippen molar-refractivity contribution in [3.63, 3.8) is 0 Å². The maximum absolute atomic E-state index is 13.9. The number of nitrogens with one attached hydrogen (secondary N) is 1. The van der Waals surface area contributed by atoms with Crippen molar-refractivity contribution in [3.8, 4) is 0 Å². The topological polar surface area (TPSA) is 86.8 Å². The largest absolute Gasteiger partial charge is 0.352 e. The highest BCUT2D eigenvalue weighted by molar-refractivity contribution is 7.89. The zero-order valence-corrected chi connectivity index (χ0v) is 20.0. The van der Waals surface area contributed by atoms with E-state index in [4.69, 9.17) is 0 Å². The number of piperazine rings is 1. The van der Waals surface area contributed by atoms with Crippen molar-refractivity contribution in [2.45, 2.75) is 37.5 Å². The van der Waals surface area contributed by atoms with Gasteiger partial charge in [0.05, 0.1) is 0 Å². The Bertz CT molecular complexity index is 1100. The summed E-state index contributed by atoms with van der Waals surface area (Å²) >= 11 is 0. The highest BCUT2D eigenvalue weighted by atomic mass is 32.2. The van der Waals surface area contributed by atoms with Gasteiger partial charge in [-0.25, -0.2) is 12.8 Å². The van der Waals surface area contributed by atoms with Gasteiger partial charge in [0.2, 0.25) is 15.9 Å². The Morgan fingerprint density at radius 2 is 1.58 bits per heavy atom. The molecule has 0 atom stereocenters. The van der Waals surface area contributed by atoms with Crippen LogP contribution in [0.3, 0.4) is 0 Å². The second-order valence-corrected chi connectivity index (χ2v) is 11.0. The van der Waals surface area contributed by atoms with Crippen molar-refractivity contribution >= 4 is 21.8 Å². The molecule has 0 aliphatic carbocycles. The van der Waals surface area contributed by atoms with Gasteiger partial charge < -0.3 is 10.2 Å². The van der Waals surface area contributed by atoms with E-state index < -0.39 is 15.8 Å². The fourth-order valence-corrected chi connectivity index (χ4v) is 5.12. The molecule has 1 aliphatic rings. The predicted molar refractivity (Wildman–Crippen MR) is 124 cm³/mol. The molecule has 9 heteroatoms. The SMILES string of the molecule is CC(C)(C)c1ccc(C(=O)NCCC(=O)N2CCN(S(=O)(=O)c3ccccc3F)CC2)cc1. The molecule has 0 unspecified atom stereocenters. The first-order chi connectivity index (χ1) is 15.5. The number of amides is 2. The zero-order valence-electron chi connectivity index (χ0n) is 19.2. The van der Waals surface area contributed by atoms with Crippen LogP contribution in [-0.2, 0) is 20.2 Å². The van der Waals surface area contributed by atoms with E-state index in [1.54, 1.807) is 17.0 Å². The van der Waals surface area contributed by atoms with E-state index in [1.807, 2.05) is 12.1 Å². The molecule has 178 valence electrons. The standard InChI is InChI=1S/C24H30FN3O4S/c1-24(2,3)19-10-8-18(9-11-19)23(30)26-13-12-22(29)27-14-16-28(17-15-27)33(31,32)21-7-5-4-6-20(21)25/h4-11H,12-17H2,1-3H3,(H,26,30). The van der Waals surface area contributed by atoms with E-state index in [9.17, 15) is 22.4 Å². The normalized spacial score (nSPS) is 15.3. The number of sulfonamides is 1. The summed E-state index contributed by atoms with van der Waals surface area (Å²) in [6.07, 6.45) is 0.117. The number of halogens is 1. The molecule has 0 saturated carbocycles. The third kappa shape index (κ3) is 5.97. The lowest BCUT2D eigenvalue weighted by Crippen LogP contribution is -2.51. The lowest BCUT2D eigenvalue weighted by atomic mass is 9.87. The summed E-state index contributed by atoms with van der Waals surface area (Å²) in [6, 6.07) is 12.7. The van der Waals surface area contributed by atoms with Gasteiger partial charge in [-0.3, -0.25) is 9.59 Å². The number of benzene rings is 2. The quantitative estimate of drug-likeness (QED) is 0.696. The fourth-order valence-electron chi connectivity index (χ4n) is 3.64. The molecular formula is C24H30FN3O4S. The van der Waals surface area contributed by atoms with E-state index in [-0.39, 0.29) is 61.3 Å². The van der Waals surface area contributed by atoms with Crippen LogP contribution >= 0.6 is 0 Å². The number of carbonyl (C=O) groups excluding carboxylic acids is 2. The molecule has 2 amide bonds. The van der Waals surface area contributed by atoms with Crippen LogP contribution in [-0.4, -0.2) is 62.2 Å². The Hall–Kier alpha value is -2.78. The average Bonchev–Trinajstić information content (AvgIpc) is 2.78. The van der Waals surface area contributed by atoms with E-state index in [0.29, 0.717) is 5.56 Å². The predicted octanol–water partition coefficient (Wildman–Crippen LogP) is 2.78. The minimum absolute atomic E-state index is 0.0000377. The number of nitrogens with zero attached hydrogens (tertiary/aromatic N) is 2. The Balaban J connectivity index is 1.47. The van der Waals surface area contributed by atoms with Gasteiger partial charge >= 0.3 is 0 Å². The molecule has 0 aromatic heterocycles. The second kappa shape index (κ2) is 10.0. The van der Waals surface area contributed by atoms with Crippen LogP contribution in [0, 0.1) is 5.82 Å². The summed E-state index contributed by atoms with van der Waals surface area (Å²) in [5.41, 5.74) is 1.66. The van der Waals surface area contributed by atoms with Crippen LogP contribution in [0.4, 0.5) is 4.39 Å². The molecule has 1 aliphatic heterocycles. The van der Waals surface area contributed by atoms with Gasteiger partial charge in [-0.1, -0.05) is 45.0 Å². The first kappa shape index (κ1) is 24.9. The molecule has 1 N–H and O–H groups in total. The maximum Gasteiger partial charge on any atom is 0.251 e. The minimum Gasteiger partial charge on any atom is -0.352 e. The van der Waals surface area contributed by atoms with Crippen molar-refractivity contribution < 1.29 is 22.4 Å². The Labute approximate surface area is 194 Å². The van der Waals surface area contributed by atoms with E-state index in [2.05, 4.69) is 26.1 Å². The maximum atomic E-state index is 13.9. The summed E-state index contributed by atoms with van der Waals surface area (Å²) in [5.74, 6) is -1.20. The van der Waals surface area contributed by atoms with Crippen LogP contribution in [0.2, 0.25) is 0 Å². The van der Waals surface area contributed by atoms with Crippen LogP contribution < -0.4 is 5.32 Å². The molecule has 1 heterocycles. The number of carbonyl (C=O) groups is 2. The molecule has 0 radical (unpaired) electrons. The summed E-state index contributed by atoms with van der Waals surface area (Å²) in [4.78, 5) is 26.0. The van der Waals surface area contributed by atoms with Crippen molar-refractivity contribution in [3.05, 3.63) is 65.5 Å². The minimum atomic E-state index is -3.95. The summed E-state index contributed by atoms with van der Waals surface area (Å²) in [6.45, 7) is 7.11. The summed E-state index contributed by atoms with van der Waals surface area (Å²) in [7, 11) is -3.95. The molecule has 3 rings (SSSR count). The van der Waals surface area contributed by atoms with Crippen molar-refractivity contribution in [1.29, 1.82) is 0 Å². The second-order valence-electron chi connectivity index (χ2n) is 9.05. The van der Waals surface area contributed by atoms with Gasteiger partial charge in [-0.05, 0) is 35.2 Å². The van der Waals surface area contributed by atoms with E-state index >= 15 is 0 Å². The highest BCUT2D eigenvalue weighted by Gasteiger charge is 2.31. The zero-order chi connectivity index (χ0) is 24.2. The number of hydrogen-bond acceptors (Lipinski definition) is 4. The van der Waals surface area contributed by atoms with Crippen molar-refractivity contribution in [1.82, 2.24) is 14.5 Å². The third-order valence-corrected chi connectivity index (χ3v) is 7.62. The number of rotatable bonds is 6. The monoisotopic (exact) mass is 475 g/mol. The van der Waals surface area contributed by atoms with Crippen LogP contribution in [0.15, 0.2) is 53.4 Å². The first-order valence-corrected chi connectivity index (χ1v) is 12.4. The Kier molecular flexibility index (Phi) is 7.54. The van der Waals surface area contributed by atoms with Crippen LogP contribution in [0.5, 0.6) is 0 Å². The molecule has 0 spiro atoms. The van der Waals surface area contributed by atoms with E-state index in [1.165, 1.54) is 22.5 Å². The highest BCUT2D eigenvalue weighted by Crippen LogP contribution is 2.22. The van der Waals surface area contributed by atoms with Crippen LogP contribution in [0.1, 0.15) is 43.1 Å². The van der Waals surface area contributed by atoms with Crippen LogP contribution in [0.25, 0.3) is 0 Å². The summed E-state index contributed by atoms with van der Waals surface area (Å²) < 4.78 is 40.5. The average molecular weight is 476 g/mol. The van der Waals surface area contributed by atoms with Crippen molar-refractivity contribution in [2.24, 2.45) is 0 Å². The van der Waals surface area contributed by atoms with Gasteiger partial charge in [0.25, 0.3) is 5.91 Å². The molecule has 1 fully saturated rings. The van der Waals surface area contributed by atoms with Crippen molar-refractivity contribution in [2.75, 3.05) is 32.7 Å². The van der Waals surface area contributed by atoms with Gasteiger partial charge in [-0.2, -0.15) is 4.31 Å². The van der Waals surface area contributed by atoms with Gasteiger partial charge in [0.15, 0.2) is 0 Å². The smallest absolute Gasteiger partial charge is 0.251 e. The molecule has 0 bridgehead atoms. The van der Waals surface area contributed by atoms with Gasteiger partial charge in [0.1, 0.15) is 10.7 Å². The summed E-state index contributed by atoms with van der Waals surface area (Å²) in [5, 5.41) is 2.75. The lowest BCUT2D eigenvalue weighted by Gasteiger charge is -2.34. The third-order valence-electron chi connectivity index (χ3n) is 5.68. The molecule has 33 heavy (non-hydrogen) atoms. The molecular weight excluding hydrogens is 445 g/mol. The van der Waals surface area contributed by atoms with Gasteiger partial charge in [0, 0.05) is 44.7 Å². The molecule has 1 saturated heterocycles. The Morgan fingerprint density at radius 1 is 0.970 bits per heavy atom. The van der Waals surface area contributed by atoms with Gasteiger partial charge in [-0.15, -0.1) is 0 Å². The molecule has 2 aromatic rings.